The van der Waals surface area contributed by atoms with Crippen molar-refractivity contribution in [1.82, 2.24) is 15.0 Å². The molecule has 0 bridgehead atoms. The Kier molecular flexibility index (Phi) is 2.02. The largest absolute Gasteiger partial charge is 0.383 e. The summed E-state index contributed by atoms with van der Waals surface area (Å²) >= 11 is 1.47. The molecule has 2 aromatic rings. The molecule has 66 valence electrons. The topological polar surface area (TPSA) is 64.7 Å². The second-order valence-electron chi connectivity index (χ2n) is 2.49. The van der Waals surface area contributed by atoms with E-state index in [0.29, 0.717) is 11.0 Å². The Balaban J connectivity index is 2.77. The lowest BCUT2D eigenvalue weighted by Gasteiger charge is -2.01. The number of hydrogen-bond donors (Lipinski definition) is 1. The highest BCUT2D eigenvalue weighted by Gasteiger charge is 2.02. The summed E-state index contributed by atoms with van der Waals surface area (Å²) in [5, 5.41) is 1.53. The maximum atomic E-state index is 5.74. The van der Waals surface area contributed by atoms with Gasteiger partial charge < -0.3 is 5.73 Å². The fourth-order valence-corrected chi connectivity index (χ4v) is 1.45. The zero-order valence-corrected chi connectivity index (χ0v) is 7.88. The van der Waals surface area contributed by atoms with Gasteiger partial charge in [0.25, 0.3) is 0 Å². The molecule has 0 aliphatic heterocycles. The van der Waals surface area contributed by atoms with E-state index in [4.69, 9.17) is 5.73 Å². The molecule has 2 aromatic heterocycles. The Morgan fingerprint density at radius 2 is 2.23 bits per heavy atom. The Labute approximate surface area is 79.6 Å². The van der Waals surface area contributed by atoms with E-state index >= 15 is 0 Å². The van der Waals surface area contributed by atoms with E-state index in [-0.39, 0.29) is 0 Å². The minimum absolute atomic E-state index is 0.511. The molecule has 2 heterocycles. The fraction of sp³-hybridized carbons (Fsp3) is 0.125. The molecule has 5 heteroatoms. The zero-order chi connectivity index (χ0) is 9.26. The lowest BCUT2D eigenvalue weighted by atomic mass is 10.3. The summed E-state index contributed by atoms with van der Waals surface area (Å²) in [4.78, 5) is 12.4. The lowest BCUT2D eigenvalue weighted by Crippen LogP contribution is -1.96. The fourth-order valence-electron chi connectivity index (χ4n) is 1.07. The first-order valence-electron chi connectivity index (χ1n) is 3.72. The zero-order valence-electron chi connectivity index (χ0n) is 7.06. The summed E-state index contributed by atoms with van der Waals surface area (Å²) in [5.41, 5.74) is 6.53. The molecule has 0 spiro atoms. The van der Waals surface area contributed by atoms with Gasteiger partial charge in [-0.15, -0.1) is 0 Å². The Bertz CT molecular complexity index is 443. The molecule has 0 atom stereocenters. The van der Waals surface area contributed by atoms with Crippen LogP contribution in [0.5, 0.6) is 0 Å². The third-order valence-corrected chi connectivity index (χ3v) is 2.24. The van der Waals surface area contributed by atoms with Gasteiger partial charge in [-0.05, 0) is 12.3 Å². The summed E-state index contributed by atoms with van der Waals surface area (Å²) < 4.78 is 0. The average Bonchev–Trinajstić information content (AvgIpc) is 2.18. The van der Waals surface area contributed by atoms with Crippen LogP contribution < -0.4 is 5.73 Å². The Morgan fingerprint density at radius 1 is 1.38 bits per heavy atom. The molecule has 0 aliphatic carbocycles. The first-order valence-corrected chi connectivity index (χ1v) is 4.95. The number of fused-ring (bicyclic) bond motifs is 1. The van der Waals surface area contributed by atoms with Crippen molar-refractivity contribution in [2.24, 2.45) is 0 Å². The molecular weight excluding hydrogens is 184 g/mol. The molecule has 0 fully saturated rings. The van der Waals surface area contributed by atoms with Crippen molar-refractivity contribution < 1.29 is 0 Å². The highest BCUT2D eigenvalue weighted by Crippen LogP contribution is 2.19. The molecule has 0 radical (unpaired) electrons. The first-order chi connectivity index (χ1) is 6.31. The molecule has 2 N–H and O–H groups in total. The number of hydrogen-bond acceptors (Lipinski definition) is 5. The highest BCUT2D eigenvalue weighted by molar-refractivity contribution is 7.98. The van der Waals surface area contributed by atoms with Crippen LogP contribution in [0.2, 0.25) is 0 Å². The maximum Gasteiger partial charge on any atom is 0.189 e. The van der Waals surface area contributed by atoms with Crippen LogP contribution in [0.1, 0.15) is 0 Å². The number of nitrogen functional groups attached to an aromatic ring is 1. The first kappa shape index (κ1) is 8.25. The predicted molar refractivity (Wildman–Crippen MR) is 53.5 cm³/mol. The van der Waals surface area contributed by atoms with Gasteiger partial charge >= 0.3 is 0 Å². The quantitative estimate of drug-likeness (QED) is 0.545. The lowest BCUT2D eigenvalue weighted by molar-refractivity contribution is 1.01. The number of pyridine rings is 1. The van der Waals surface area contributed by atoms with E-state index in [9.17, 15) is 0 Å². The molecule has 0 saturated heterocycles. The van der Waals surface area contributed by atoms with Crippen LogP contribution in [0.25, 0.3) is 10.9 Å². The van der Waals surface area contributed by atoms with Crippen LogP contribution >= 0.6 is 11.8 Å². The third-order valence-electron chi connectivity index (χ3n) is 1.69. The second-order valence-corrected chi connectivity index (χ2v) is 3.26. The van der Waals surface area contributed by atoms with Crippen molar-refractivity contribution in [3.05, 3.63) is 18.5 Å². The van der Waals surface area contributed by atoms with Crippen LogP contribution in [0, 0.1) is 0 Å². The normalized spacial score (nSPS) is 10.5. The van der Waals surface area contributed by atoms with E-state index < -0.39 is 0 Å². The molecule has 0 aliphatic rings. The molecular formula is C8H8N4S. The van der Waals surface area contributed by atoms with Gasteiger partial charge in [-0.1, -0.05) is 11.8 Å². The molecule has 4 nitrogen and oxygen atoms in total. The summed E-state index contributed by atoms with van der Waals surface area (Å²) in [5.74, 6) is 0.511. The number of nitrogens with zero attached hydrogens (tertiary/aromatic N) is 3. The van der Waals surface area contributed by atoms with Crippen molar-refractivity contribution in [2.45, 2.75) is 5.16 Å². The minimum Gasteiger partial charge on any atom is -0.383 e. The molecule has 13 heavy (non-hydrogen) atoms. The van der Waals surface area contributed by atoms with Crippen molar-refractivity contribution in [3.63, 3.8) is 0 Å². The monoisotopic (exact) mass is 192 g/mol. The number of rotatable bonds is 1. The average molecular weight is 192 g/mol. The van der Waals surface area contributed by atoms with Crippen molar-refractivity contribution in [1.29, 1.82) is 0 Å². The Hall–Kier alpha value is -1.36. The SMILES string of the molecule is CSc1nc(N)c2ccncc2n1. The van der Waals surface area contributed by atoms with E-state index in [2.05, 4.69) is 15.0 Å². The van der Waals surface area contributed by atoms with Crippen molar-refractivity contribution in [3.8, 4) is 0 Å². The summed E-state index contributed by atoms with van der Waals surface area (Å²) in [6.45, 7) is 0. The van der Waals surface area contributed by atoms with Crippen LogP contribution in [0.15, 0.2) is 23.6 Å². The highest BCUT2D eigenvalue weighted by atomic mass is 32.2. The third kappa shape index (κ3) is 1.42. The second kappa shape index (κ2) is 3.18. The summed E-state index contributed by atoms with van der Waals surface area (Å²) in [6.07, 6.45) is 5.28. The molecule has 0 saturated carbocycles. The van der Waals surface area contributed by atoms with Gasteiger partial charge in [0.1, 0.15) is 5.82 Å². The number of nitrogens with two attached hydrogens (primary N) is 1. The number of thioether (sulfide) groups is 1. The smallest absolute Gasteiger partial charge is 0.189 e. The maximum absolute atomic E-state index is 5.74. The van der Waals surface area contributed by atoms with Gasteiger partial charge in [0.05, 0.1) is 11.7 Å². The molecule has 0 unspecified atom stereocenters. The van der Waals surface area contributed by atoms with Crippen LogP contribution in [0.3, 0.4) is 0 Å². The van der Waals surface area contributed by atoms with E-state index in [1.807, 2.05) is 12.3 Å². The van der Waals surface area contributed by atoms with Gasteiger partial charge in [-0.25, -0.2) is 9.97 Å². The van der Waals surface area contributed by atoms with Gasteiger partial charge in [-0.3, -0.25) is 4.98 Å². The molecule has 0 aromatic carbocycles. The van der Waals surface area contributed by atoms with E-state index in [1.165, 1.54) is 11.8 Å². The molecule has 2 rings (SSSR count). The van der Waals surface area contributed by atoms with Crippen molar-refractivity contribution >= 4 is 28.5 Å². The Morgan fingerprint density at radius 3 is 3.00 bits per heavy atom. The summed E-state index contributed by atoms with van der Waals surface area (Å²) in [7, 11) is 0. The van der Waals surface area contributed by atoms with Gasteiger partial charge in [0.15, 0.2) is 5.16 Å². The van der Waals surface area contributed by atoms with Crippen molar-refractivity contribution in [2.75, 3.05) is 12.0 Å². The van der Waals surface area contributed by atoms with Crippen LogP contribution in [-0.2, 0) is 0 Å². The standard InChI is InChI=1S/C8H8N4S/c1-13-8-11-6-4-10-3-2-5(6)7(9)12-8/h2-4H,1H3,(H2,9,11,12). The van der Waals surface area contributed by atoms with E-state index in [0.717, 1.165) is 10.9 Å². The van der Waals surface area contributed by atoms with Gasteiger partial charge in [0, 0.05) is 11.6 Å². The summed E-state index contributed by atoms with van der Waals surface area (Å²) in [6, 6.07) is 1.81. The minimum atomic E-state index is 0.511. The van der Waals surface area contributed by atoms with Gasteiger partial charge in [0.2, 0.25) is 0 Å². The van der Waals surface area contributed by atoms with E-state index in [1.54, 1.807) is 12.4 Å². The number of anilines is 1. The molecule has 0 amide bonds. The predicted octanol–water partition coefficient (Wildman–Crippen LogP) is 1.33. The number of aromatic nitrogens is 3. The van der Waals surface area contributed by atoms with Gasteiger partial charge in [-0.2, -0.15) is 0 Å². The van der Waals surface area contributed by atoms with Crippen LogP contribution in [0.4, 0.5) is 5.82 Å². The van der Waals surface area contributed by atoms with Crippen LogP contribution in [-0.4, -0.2) is 21.2 Å².